The molecular weight excluding hydrogens is 384 g/mol. The van der Waals surface area contributed by atoms with E-state index < -0.39 is 23.1 Å². The monoisotopic (exact) mass is 410 g/mol. The summed E-state index contributed by atoms with van der Waals surface area (Å²) in [5, 5.41) is 0. The molecule has 0 saturated carbocycles. The molecule has 0 radical (unpaired) electrons. The molecule has 2 heterocycles. The maximum atomic E-state index is 12.5. The number of amides is 6. The molecular formula is C22H26N4O4. The molecule has 2 aliphatic heterocycles. The third kappa shape index (κ3) is 3.08. The minimum atomic E-state index is -0.968. The Morgan fingerprint density at radius 1 is 0.700 bits per heavy atom. The lowest BCUT2D eigenvalue weighted by Crippen LogP contribution is -2.43. The molecule has 1 aromatic rings. The lowest BCUT2D eigenvalue weighted by molar-refractivity contribution is -0.131. The Hall–Kier alpha value is -3.42. The highest BCUT2D eigenvalue weighted by atomic mass is 16.2. The number of carbonyl (C=O) groups excluding carboxylic acids is 4. The number of hydrogen-bond acceptors (Lipinski definition) is 4. The van der Waals surface area contributed by atoms with Crippen LogP contribution in [0.5, 0.6) is 0 Å². The number of carbonyl (C=O) groups is 4. The summed E-state index contributed by atoms with van der Waals surface area (Å²) in [5.41, 5.74) is -0.251. The van der Waals surface area contributed by atoms with Crippen LogP contribution in [0.3, 0.4) is 0 Å². The van der Waals surface area contributed by atoms with E-state index in [0.29, 0.717) is 0 Å². The van der Waals surface area contributed by atoms with Crippen molar-refractivity contribution in [3.8, 4) is 0 Å². The molecule has 2 aliphatic rings. The molecule has 0 atom stereocenters. The third-order valence-corrected chi connectivity index (χ3v) is 5.78. The van der Waals surface area contributed by atoms with Crippen molar-refractivity contribution in [2.75, 3.05) is 0 Å². The predicted molar refractivity (Wildman–Crippen MR) is 111 cm³/mol. The van der Waals surface area contributed by atoms with Crippen LogP contribution in [0.15, 0.2) is 49.8 Å². The molecule has 0 spiro atoms. The first-order valence-corrected chi connectivity index (χ1v) is 9.60. The maximum Gasteiger partial charge on any atom is 0.332 e. The zero-order valence-electron chi connectivity index (χ0n) is 17.7. The SMILES string of the molecule is C=CN1C(=O)N(Cc2ccc(CN3C(=O)N(C=C)C(=O)C3(C)C)cc2)C(C)(C)C1=O. The quantitative estimate of drug-likeness (QED) is 0.675. The summed E-state index contributed by atoms with van der Waals surface area (Å²) in [4.78, 5) is 54.9. The van der Waals surface area contributed by atoms with Gasteiger partial charge >= 0.3 is 12.1 Å². The van der Waals surface area contributed by atoms with Crippen LogP contribution >= 0.6 is 0 Å². The first-order chi connectivity index (χ1) is 14.0. The van der Waals surface area contributed by atoms with Gasteiger partial charge < -0.3 is 9.80 Å². The average Bonchev–Trinajstić information content (AvgIpc) is 2.96. The molecule has 6 amide bonds. The fraction of sp³-hybridized carbons (Fsp3) is 0.364. The maximum absolute atomic E-state index is 12.5. The number of nitrogens with zero attached hydrogens (tertiary/aromatic N) is 4. The summed E-state index contributed by atoms with van der Waals surface area (Å²) >= 11 is 0. The molecule has 2 fully saturated rings. The highest BCUT2D eigenvalue weighted by Crippen LogP contribution is 2.31. The van der Waals surface area contributed by atoms with E-state index in [1.807, 2.05) is 24.3 Å². The summed E-state index contributed by atoms with van der Waals surface area (Å²) in [5.74, 6) is -0.629. The van der Waals surface area contributed by atoms with Crippen LogP contribution < -0.4 is 0 Å². The molecule has 158 valence electrons. The molecule has 8 nitrogen and oxygen atoms in total. The third-order valence-electron chi connectivity index (χ3n) is 5.78. The van der Waals surface area contributed by atoms with Gasteiger partial charge in [-0.3, -0.25) is 9.59 Å². The molecule has 1 aromatic carbocycles. The Morgan fingerprint density at radius 2 is 1.00 bits per heavy atom. The number of benzene rings is 1. The Labute approximate surface area is 176 Å². The van der Waals surface area contributed by atoms with E-state index in [2.05, 4.69) is 13.2 Å². The van der Waals surface area contributed by atoms with E-state index in [9.17, 15) is 19.2 Å². The first kappa shape index (κ1) is 21.3. The molecule has 0 aromatic heterocycles. The highest BCUT2D eigenvalue weighted by molar-refractivity contribution is 6.08. The van der Waals surface area contributed by atoms with Crippen molar-refractivity contribution in [1.82, 2.24) is 19.6 Å². The van der Waals surface area contributed by atoms with Gasteiger partial charge in [0.25, 0.3) is 11.8 Å². The summed E-state index contributed by atoms with van der Waals surface area (Å²) < 4.78 is 0. The number of rotatable bonds is 6. The van der Waals surface area contributed by atoms with E-state index in [4.69, 9.17) is 0 Å². The summed E-state index contributed by atoms with van der Waals surface area (Å²) in [6, 6.07) is 6.58. The Bertz CT molecular complexity index is 871. The fourth-order valence-corrected chi connectivity index (χ4v) is 3.70. The zero-order chi connectivity index (χ0) is 22.4. The lowest BCUT2D eigenvalue weighted by Gasteiger charge is -2.29. The smallest absolute Gasteiger partial charge is 0.305 e. The van der Waals surface area contributed by atoms with Crippen LogP contribution in [0.25, 0.3) is 0 Å². The van der Waals surface area contributed by atoms with Crippen LogP contribution in [0.4, 0.5) is 9.59 Å². The fourth-order valence-electron chi connectivity index (χ4n) is 3.70. The summed E-state index contributed by atoms with van der Waals surface area (Å²) in [7, 11) is 0. The molecule has 0 N–H and O–H groups in total. The molecule has 3 rings (SSSR count). The van der Waals surface area contributed by atoms with Crippen molar-refractivity contribution >= 4 is 23.9 Å². The van der Waals surface area contributed by atoms with Gasteiger partial charge in [-0.1, -0.05) is 37.4 Å². The Kier molecular flexibility index (Phi) is 5.06. The topological polar surface area (TPSA) is 81.2 Å². The van der Waals surface area contributed by atoms with Gasteiger partial charge in [0.2, 0.25) is 0 Å². The van der Waals surface area contributed by atoms with Crippen molar-refractivity contribution in [1.29, 1.82) is 0 Å². The Balaban J connectivity index is 1.76. The van der Waals surface area contributed by atoms with E-state index in [-0.39, 0.29) is 24.9 Å². The average molecular weight is 410 g/mol. The summed E-state index contributed by atoms with van der Waals surface area (Å²) in [6.45, 7) is 14.4. The van der Waals surface area contributed by atoms with Crippen LogP contribution in [0, 0.1) is 0 Å². The summed E-state index contributed by atoms with van der Waals surface area (Å²) in [6.07, 6.45) is 2.47. The molecule has 30 heavy (non-hydrogen) atoms. The Morgan fingerprint density at radius 3 is 1.23 bits per heavy atom. The van der Waals surface area contributed by atoms with E-state index >= 15 is 0 Å². The van der Waals surface area contributed by atoms with Gasteiger partial charge in [0.05, 0.1) is 0 Å². The van der Waals surface area contributed by atoms with Gasteiger partial charge in [-0.05, 0) is 38.8 Å². The minimum absolute atomic E-state index is 0.263. The largest absolute Gasteiger partial charge is 0.332 e. The van der Waals surface area contributed by atoms with Gasteiger partial charge in [-0.2, -0.15) is 0 Å². The van der Waals surface area contributed by atoms with Crippen molar-refractivity contribution in [3.05, 3.63) is 61.0 Å². The molecule has 0 aliphatic carbocycles. The normalized spacial score (nSPS) is 20.4. The second kappa shape index (κ2) is 7.12. The van der Waals surface area contributed by atoms with Crippen molar-refractivity contribution in [3.63, 3.8) is 0 Å². The van der Waals surface area contributed by atoms with Crippen LogP contribution in [0.2, 0.25) is 0 Å². The van der Waals surface area contributed by atoms with Crippen molar-refractivity contribution in [2.24, 2.45) is 0 Å². The van der Waals surface area contributed by atoms with Crippen molar-refractivity contribution < 1.29 is 19.2 Å². The van der Waals surface area contributed by atoms with E-state index in [0.717, 1.165) is 20.9 Å². The van der Waals surface area contributed by atoms with E-state index in [1.54, 1.807) is 27.7 Å². The lowest BCUT2D eigenvalue weighted by atomic mass is 10.0. The number of hydrogen-bond donors (Lipinski definition) is 0. The molecule has 0 unspecified atom stereocenters. The van der Waals surface area contributed by atoms with Gasteiger partial charge in [0, 0.05) is 25.5 Å². The van der Waals surface area contributed by atoms with Crippen LogP contribution in [0.1, 0.15) is 38.8 Å². The molecule has 8 heteroatoms. The number of imide groups is 2. The zero-order valence-corrected chi connectivity index (χ0v) is 17.7. The minimum Gasteiger partial charge on any atom is -0.305 e. The second-order valence-electron chi connectivity index (χ2n) is 8.39. The van der Waals surface area contributed by atoms with E-state index in [1.165, 1.54) is 22.2 Å². The van der Waals surface area contributed by atoms with Gasteiger partial charge in [-0.15, -0.1) is 0 Å². The van der Waals surface area contributed by atoms with Gasteiger partial charge in [0.15, 0.2) is 0 Å². The molecule has 2 saturated heterocycles. The standard InChI is InChI=1S/C22H26N4O4/c1-7-23-17(27)21(3,4)25(19(23)29)13-15-9-11-16(12-10-15)14-26-20(30)24(8-2)18(28)22(26,5)6/h7-12H,1-2,13-14H2,3-6H3. The van der Waals surface area contributed by atoms with Gasteiger partial charge in [-0.25, -0.2) is 19.4 Å². The number of urea groups is 2. The first-order valence-electron chi connectivity index (χ1n) is 9.60. The van der Waals surface area contributed by atoms with Crippen LogP contribution in [-0.4, -0.2) is 54.6 Å². The van der Waals surface area contributed by atoms with Crippen LogP contribution in [-0.2, 0) is 22.7 Å². The van der Waals surface area contributed by atoms with Gasteiger partial charge in [0.1, 0.15) is 11.1 Å². The molecule has 0 bridgehead atoms. The van der Waals surface area contributed by atoms with Crippen molar-refractivity contribution in [2.45, 2.75) is 51.9 Å². The predicted octanol–water partition coefficient (Wildman–Crippen LogP) is 3.06. The highest BCUT2D eigenvalue weighted by Gasteiger charge is 2.51. The second-order valence-corrected chi connectivity index (χ2v) is 8.39.